The maximum absolute atomic E-state index is 13.8. The average Bonchev–Trinajstić information content (AvgIpc) is 3.18. The van der Waals surface area contributed by atoms with Gasteiger partial charge in [0.15, 0.2) is 17.2 Å². The zero-order chi connectivity index (χ0) is 17.4. The Morgan fingerprint density at radius 3 is 2.80 bits per heavy atom. The molecule has 0 fully saturated rings. The van der Waals surface area contributed by atoms with Gasteiger partial charge in [-0.1, -0.05) is 30.3 Å². The van der Waals surface area contributed by atoms with Gasteiger partial charge in [0, 0.05) is 34.6 Å². The van der Waals surface area contributed by atoms with Gasteiger partial charge in [-0.2, -0.15) is 0 Å². The van der Waals surface area contributed by atoms with Gasteiger partial charge < -0.3 is 14.7 Å². The van der Waals surface area contributed by atoms with E-state index < -0.39 is 5.82 Å². The molecular weight excluding hydrogens is 319 g/mol. The second kappa shape index (κ2) is 6.09. The highest BCUT2D eigenvalue weighted by molar-refractivity contribution is 5.99. The number of carbonyl (C=O) groups is 1. The lowest BCUT2D eigenvalue weighted by Crippen LogP contribution is -2.25. The van der Waals surface area contributed by atoms with E-state index in [2.05, 4.69) is 16.4 Å². The number of amides is 1. The summed E-state index contributed by atoms with van der Waals surface area (Å²) in [4.78, 5) is 15.6. The van der Waals surface area contributed by atoms with Crippen LogP contribution < -0.4 is 5.32 Å². The van der Waals surface area contributed by atoms with Crippen LogP contribution in [0.1, 0.15) is 21.7 Å². The lowest BCUT2D eigenvalue weighted by Gasteiger charge is -2.03. The zero-order valence-electron chi connectivity index (χ0n) is 13.7. The van der Waals surface area contributed by atoms with E-state index in [9.17, 15) is 9.18 Å². The van der Waals surface area contributed by atoms with Crippen molar-refractivity contribution in [2.45, 2.75) is 13.3 Å². The van der Waals surface area contributed by atoms with Crippen LogP contribution in [0.2, 0.25) is 0 Å². The first-order chi connectivity index (χ1) is 12.1. The van der Waals surface area contributed by atoms with Gasteiger partial charge in [-0.25, -0.2) is 4.39 Å². The predicted molar refractivity (Wildman–Crippen MR) is 95.2 cm³/mol. The van der Waals surface area contributed by atoms with Crippen molar-refractivity contribution in [1.29, 1.82) is 0 Å². The molecular formula is C20H17FN2O2. The number of benzene rings is 2. The molecule has 2 N–H and O–H groups in total. The van der Waals surface area contributed by atoms with Crippen molar-refractivity contribution >= 4 is 27.8 Å². The second-order valence-electron chi connectivity index (χ2n) is 6.04. The van der Waals surface area contributed by atoms with Gasteiger partial charge >= 0.3 is 0 Å². The second-order valence-corrected chi connectivity index (χ2v) is 6.04. The molecule has 0 radical (unpaired) electrons. The SMILES string of the molecule is Cc1c(C(=O)NCCc2c[nH]c3ccccc23)oc2c(F)cccc12. The average molecular weight is 336 g/mol. The van der Waals surface area contributed by atoms with E-state index in [0.717, 1.165) is 16.5 Å². The molecule has 0 bridgehead atoms. The van der Waals surface area contributed by atoms with Crippen molar-refractivity contribution in [2.75, 3.05) is 6.54 Å². The van der Waals surface area contributed by atoms with Crippen LogP contribution in [0.25, 0.3) is 21.9 Å². The quantitative estimate of drug-likeness (QED) is 0.582. The number of aryl methyl sites for hydroxylation is 1. The molecule has 0 saturated heterocycles. The van der Waals surface area contributed by atoms with E-state index in [4.69, 9.17) is 4.42 Å². The maximum atomic E-state index is 13.8. The van der Waals surface area contributed by atoms with Crippen molar-refractivity contribution in [1.82, 2.24) is 10.3 Å². The first kappa shape index (κ1) is 15.4. The third-order valence-corrected chi connectivity index (χ3v) is 4.48. The van der Waals surface area contributed by atoms with Gasteiger partial charge in [-0.05, 0) is 31.0 Å². The molecule has 126 valence electrons. The highest BCUT2D eigenvalue weighted by Crippen LogP contribution is 2.27. The van der Waals surface area contributed by atoms with Gasteiger partial charge in [-0.3, -0.25) is 4.79 Å². The van der Waals surface area contributed by atoms with Crippen LogP contribution in [-0.2, 0) is 6.42 Å². The Bertz CT molecular complexity index is 1080. The maximum Gasteiger partial charge on any atom is 0.287 e. The Kier molecular flexibility index (Phi) is 3.76. The topological polar surface area (TPSA) is 58.0 Å². The molecule has 4 nitrogen and oxygen atoms in total. The fraction of sp³-hybridized carbons (Fsp3) is 0.150. The molecule has 0 unspecified atom stereocenters. The van der Waals surface area contributed by atoms with E-state index in [1.54, 1.807) is 19.1 Å². The number of furan rings is 1. The monoisotopic (exact) mass is 336 g/mol. The summed E-state index contributed by atoms with van der Waals surface area (Å²) >= 11 is 0. The Balaban J connectivity index is 1.49. The summed E-state index contributed by atoms with van der Waals surface area (Å²) in [5.74, 6) is -0.620. The third-order valence-electron chi connectivity index (χ3n) is 4.48. The highest BCUT2D eigenvalue weighted by atomic mass is 19.1. The lowest BCUT2D eigenvalue weighted by molar-refractivity contribution is 0.0927. The molecule has 4 rings (SSSR count). The number of aromatic amines is 1. The molecule has 0 saturated carbocycles. The molecule has 2 aromatic heterocycles. The van der Waals surface area contributed by atoms with Crippen molar-refractivity contribution < 1.29 is 13.6 Å². The molecule has 4 aromatic rings. The minimum atomic E-state index is -0.460. The molecule has 2 aromatic carbocycles. The van der Waals surface area contributed by atoms with Crippen LogP contribution in [-0.4, -0.2) is 17.4 Å². The molecule has 5 heteroatoms. The number of aromatic nitrogens is 1. The minimum absolute atomic E-state index is 0.127. The fourth-order valence-corrected chi connectivity index (χ4v) is 3.15. The summed E-state index contributed by atoms with van der Waals surface area (Å²) in [6.07, 6.45) is 2.65. The molecule has 0 aliphatic rings. The van der Waals surface area contributed by atoms with Crippen molar-refractivity contribution in [3.05, 3.63) is 71.4 Å². The molecule has 1 amide bonds. The third kappa shape index (κ3) is 2.67. The van der Waals surface area contributed by atoms with Crippen LogP contribution in [0.3, 0.4) is 0 Å². The number of fused-ring (bicyclic) bond motifs is 2. The van der Waals surface area contributed by atoms with Gasteiger partial charge in [0.2, 0.25) is 0 Å². The Morgan fingerprint density at radius 1 is 1.16 bits per heavy atom. The van der Waals surface area contributed by atoms with Crippen molar-refractivity contribution in [3.8, 4) is 0 Å². The Labute approximate surface area is 143 Å². The molecule has 0 atom stereocenters. The van der Waals surface area contributed by atoms with Crippen LogP contribution in [0.4, 0.5) is 4.39 Å². The zero-order valence-corrected chi connectivity index (χ0v) is 13.7. The fourth-order valence-electron chi connectivity index (χ4n) is 3.15. The summed E-state index contributed by atoms with van der Waals surface area (Å²) in [5.41, 5.74) is 3.00. The van der Waals surface area contributed by atoms with E-state index >= 15 is 0 Å². The van der Waals surface area contributed by atoms with E-state index in [1.165, 1.54) is 6.07 Å². The Morgan fingerprint density at radius 2 is 1.96 bits per heavy atom. The number of rotatable bonds is 4. The standard InChI is InChI=1S/C20H17FN2O2/c1-12-14-6-4-7-16(21)19(14)25-18(12)20(24)22-10-9-13-11-23-17-8-3-2-5-15(13)17/h2-8,11,23H,9-10H2,1H3,(H,22,24). The van der Waals surface area contributed by atoms with Crippen LogP contribution in [0.15, 0.2) is 53.1 Å². The lowest BCUT2D eigenvalue weighted by atomic mass is 10.1. The smallest absolute Gasteiger partial charge is 0.287 e. The molecule has 0 aliphatic carbocycles. The number of hydrogen-bond acceptors (Lipinski definition) is 2. The highest BCUT2D eigenvalue weighted by Gasteiger charge is 2.19. The van der Waals surface area contributed by atoms with Crippen LogP contribution in [0, 0.1) is 12.7 Å². The first-order valence-corrected chi connectivity index (χ1v) is 8.16. The van der Waals surface area contributed by atoms with Gasteiger partial charge in [0.25, 0.3) is 5.91 Å². The predicted octanol–water partition coefficient (Wildman–Crippen LogP) is 4.33. The number of para-hydroxylation sites is 2. The number of H-pyrrole nitrogens is 1. The normalized spacial score (nSPS) is 11.3. The largest absolute Gasteiger partial charge is 0.448 e. The summed E-state index contributed by atoms with van der Waals surface area (Å²) in [6, 6.07) is 12.7. The van der Waals surface area contributed by atoms with Crippen molar-refractivity contribution in [2.24, 2.45) is 0 Å². The number of nitrogens with one attached hydrogen (secondary N) is 2. The number of carbonyl (C=O) groups excluding carboxylic acids is 1. The summed E-state index contributed by atoms with van der Waals surface area (Å²) < 4.78 is 19.3. The van der Waals surface area contributed by atoms with Crippen molar-refractivity contribution in [3.63, 3.8) is 0 Å². The van der Waals surface area contributed by atoms with E-state index in [1.807, 2.05) is 24.4 Å². The molecule has 25 heavy (non-hydrogen) atoms. The molecule has 2 heterocycles. The van der Waals surface area contributed by atoms with Crippen LogP contribution >= 0.6 is 0 Å². The molecule has 0 spiro atoms. The summed E-state index contributed by atoms with van der Waals surface area (Å²) in [7, 11) is 0. The van der Waals surface area contributed by atoms with Crippen LogP contribution in [0.5, 0.6) is 0 Å². The Hall–Kier alpha value is -3.08. The van der Waals surface area contributed by atoms with E-state index in [0.29, 0.717) is 23.9 Å². The van der Waals surface area contributed by atoms with Gasteiger partial charge in [0.05, 0.1) is 0 Å². The summed E-state index contributed by atoms with van der Waals surface area (Å²) in [6.45, 7) is 2.24. The van der Waals surface area contributed by atoms with Gasteiger partial charge in [0.1, 0.15) is 0 Å². The molecule has 0 aliphatic heterocycles. The number of halogens is 1. The van der Waals surface area contributed by atoms with E-state index in [-0.39, 0.29) is 17.3 Å². The van der Waals surface area contributed by atoms with Gasteiger partial charge in [-0.15, -0.1) is 0 Å². The number of hydrogen-bond donors (Lipinski definition) is 2. The summed E-state index contributed by atoms with van der Waals surface area (Å²) in [5, 5.41) is 4.63. The minimum Gasteiger partial charge on any atom is -0.448 e. The first-order valence-electron chi connectivity index (χ1n) is 8.16.